The van der Waals surface area contributed by atoms with Gasteiger partial charge in [-0.15, -0.1) is 24.2 Å². The van der Waals surface area contributed by atoms with Gasteiger partial charge < -0.3 is 15.6 Å². The standard InChI is InChI=1S/C8H11NO2S.ClH/c1-11-7-4-8(12-2)5(9)3-6(7)10;/h3-4,10H,9H2,1-2H3;1H. The van der Waals surface area contributed by atoms with Gasteiger partial charge in [0.25, 0.3) is 0 Å². The molecule has 0 aromatic heterocycles. The van der Waals surface area contributed by atoms with Crippen molar-refractivity contribution >= 4 is 29.9 Å². The summed E-state index contributed by atoms with van der Waals surface area (Å²) in [5.74, 6) is 0.529. The Hall–Kier alpha value is -0.740. The zero-order chi connectivity index (χ0) is 9.14. The summed E-state index contributed by atoms with van der Waals surface area (Å²) in [7, 11) is 1.51. The van der Waals surface area contributed by atoms with Crippen LogP contribution < -0.4 is 10.5 Å². The molecule has 3 N–H and O–H groups in total. The van der Waals surface area contributed by atoms with E-state index >= 15 is 0 Å². The van der Waals surface area contributed by atoms with Crippen molar-refractivity contribution in [2.75, 3.05) is 19.1 Å². The van der Waals surface area contributed by atoms with Gasteiger partial charge >= 0.3 is 0 Å². The molecule has 0 fully saturated rings. The molecule has 0 unspecified atom stereocenters. The van der Waals surface area contributed by atoms with Crippen LogP contribution in [-0.2, 0) is 0 Å². The Kier molecular flexibility index (Phi) is 4.80. The van der Waals surface area contributed by atoms with Crippen molar-refractivity contribution in [3.8, 4) is 11.5 Å². The third-order valence-corrected chi connectivity index (χ3v) is 2.32. The molecular weight excluding hydrogens is 210 g/mol. The number of nitrogens with two attached hydrogens (primary N) is 1. The zero-order valence-electron chi connectivity index (χ0n) is 7.40. The van der Waals surface area contributed by atoms with Crippen LogP contribution in [-0.4, -0.2) is 18.5 Å². The summed E-state index contributed by atoms with van der Waals surface area (Å²) in [6, 6.07) is 3.21. The third-order valence-electron chi connectivity index (χ3n) is 1.53. The lowest BCUT2D eigenvalue weighted by molar-refractivity contribution is 0.372. The number of anilines is 1. The van der Waals surface area contributed by atoms with Crippen LogP contribution in [0.15, 0.2) is 17.0 Å². The van der Waals surface area contributed by atoms with Gasteiger partial charge in [0.15, 0.2) is 11.5 Å². The Labute approximate surface area is 87.7 Å². The number of methoxy groups -OCH3 is 1. The number of phenols is 1. The van der Waals surface area contributed by atoms with Crippen LogP contribution >= 0.6 is 24.2 Å². The number of rotatable bonds is 2. The van der Waals surface area contributed by atoms with Gasteiger partial charge in [0.1, 0.15) is 0 Å². The highest BCUT2D eigenvalue weighted by Crippen LogP contribution is 2.34. The highest BCUT2D eigenvalue weighted by molar-refractivity contribution is 7.98. The number of hydrogen-bond acceptors (Lipinski definition) is 4. The van der Waals surface area contributed by atoms with Crippen LogP contribution in [0, 0.1) is 0 Å². The molecule has 0 saturated heterocycles. The average Bonchev–Trinajstić information content (AvgIpc) is 2.05. The number of thioether (sulfide) groups is 1. The van der Waals surface area contributed by atoms with Gasteiger partial charge in [-0.1, -0.05) is 0 Å². The van der Waals surface area contributed by atoms with Crippen molar-refractivity contribution in [3.05, 3.63) is 12.1 Å². The molecule has 0 aliphatic rings. The largest absolute Gasteiger partial charge is 0.504 e. The number of nitrogen functional groups attached to an aromatic ring is 1. The molecule has 0 saturated carbocycles. The van der Waals surface area contributed by atoms with Crippen LogP contribution in [0.2, 0.25) is 0 Å². The van der Waals surface area contributed by atoms with Gasteiger partial charge in [-0.05, 0) is 12.3 Å². The van der Waals surface area contributed by atoms with Crippen LogP contribution in [0.3, 0.4) is 0 Å². The van der Waals surface area contributed by atoms with Gasteiger partial charge in [-0.25, -0.2) is 0 Å². The first-order valence-corrected chi connectivity index (χ1v) is 4.62. The summed E-state index contributed by atoms with van der Waals surface area (Å²) in [5, 5.41) is 9.30. The Bertz CT molecular complexity index is 268. The van der Waals surface area contributed by atoms with E-state index in [4.69, 9.17) is 10.5 Å². The maximum Gasteiger partial charge on any atom is 0.161 e. The first-order valence-electron chi connectivity index (χ1n) is 3.39. The highest BCUT2D eigenvalue weighted by Gasteiger charge is 2.05. The first-order chi connectivity index (χ1) is 5.69. The molecule has 0 amide bonds. The lowest BCUT2D eigenvalue weighted by Crippen LogP contribution is -1.90. The summed E-state index contributed by atoms with van der Waals surface area (Å²) in [5.41, 5.74) is 6.19. The van der Waals surface area contributed by atoms with Gasteiger partial charge in [0, 0.05) is 16.6 Å². The molecule has 74 valence electrons. The maximum absolute atomic E-state index is 9.30. The van der Waals surface area contributed by atoms with E-state index in [9.17, 15) is 5.11 Å². The summed E-state index contributed by atoms with van der Waals surface area (Å²) < 4.78 is 4.92. The van der Waals surface area contributed by atoms with E-state index in [2.05, 4.69) is 0 Å². The third kappa shape index (κ3) is 2.60. The second-order valence-electron chi connectivity index (χ2n) is 2.27. The molecule has 1 aromatic rings. The molecular formula is C8H12ClNO2S. The highest BCUT2D eigenvalue weighted by atomic mass is 35.5. The van der Waals surface area contributed by atoms with Crippen molar-refractivity contribution in [2.45, 2.75) is 4.90 Å². The smallest absolute Gasteiger partial charge is 0.161 e. The second kappa shape index (κ2) is 5.09. The van der Waals surface area contributed by atoms with E-state index in [-0.39, 0.29) is 18.2 Å². The molecule has 1 rings (SSSR count). The summed E-state index contributed by atoms with van der Waals surface area (Å²) in [6.45, 7) is 0. The zero-order valence-corrected chi connectivity index (χ0v) is 9.04. The fraction of sp³-hybridized carbons (Fsp3) is 0.250. The minimum Gasteiger partial charge on any atom is -0.504 e. The number of aromatic hydroxyl groups is 1. The average molecular weight is 222 g/mol. The molecule has 13 heavy (non-hydrogen) atoms. The lowest BCUT2D eigenvalue weighted by atomic mass is 10.3. The van der Waals surface area contributed by atoms with E-state index in [1.165, 1.54) is 24.9 Å². The number of ether oxygens (including phenoxy) is 1. The topological polar surface area (TPSA) is 55.5 Å². The molecule has 0 heterocycles. The van der Waals surface area contributed by atoms with Crippen molar-refractivity contribution in [3.63, 3.8) is 0 Å². The van der Waals surface area contributed by atoms with Crippen LogP contribution in [0.4, 0.5) is 5.69 Å². The number of benzene rings is 1. The fourth-order valence-corrected chi connectivity index (χ4v) is 1.43. The van der Waals surface area contributed by atoms with E-state index in [1.807, 2.05) is 6.26 Å². The van der Waals surface area contributed by atoms with Crippen molar-refractivity contribution in [1.82, 2.24) is 0 Å². The fourth-order valence-electron chi connectivity index (χ4n) is 0.906. The van der Waals surface area contributed by atoms with Crippen molar-refractivity contribution in [1.29, 1.82) is 0 Å². The quantitative estimate of drug-likeness (QED) is 0.594. The Morgan fingerprint density at radius 1 is 1.46 bits per heavy atom. The molecule has 0 aliphatic carbocycles. The molecule has 0 aliphatic heterocycles. The maximum atomic E-state index is 9.30. The van der Waals surface area contributed by atoms with Gasteiger partial charge in [0.05, 0.1) is 7.11 Å². The van der Waals surface area contributed by atoms with Crippen LogP contribution in [0.5, 0.6) is 11.5 Å². The molecule has 1 aromatic carbocycles. The van der Waals surface area contributed by atoms with Crippen LogP contribution in [0.1, 0.15) is 0 Å². The Morgan fingerprint density at radius 2 is 2.08 bits per heavy atom. The Balaban J connectivity index is 0.00000144. The minimum absolute atomic E-state index is 0. The Morgan fingerprint density at radius 3 is 2.54 bits per heavy atom. The predicted molar refractivity (Wildman–Crippen MR) is 58.1 cm³/mol. The van der Waals surface area contributed by atoms with Crippen molar-refractivity contribution < 1.29 is 9.84 Å². The molecule has 0 radical (unpaired) electrons. The van der Waals surface area contributed by atoms with E-state index < -0.39 is 0 Å². The molecule has 5 heteroatoms. The predicted octanol–water partition coefficient (Wildman–Crippen LogP) is 2.13. The van der Waals surface area contributed by atoms with Gasteiger partial charge in [-0.3, -0.25) is 0 Å². The summed E-state index contributed by atoms with van der Waals surface area (Å²) >= 11 is 1.52. The summed E-state index contributed by atoms with van der Waals surface area (Å²) in [6.07, 6.45) is 1.92. The molecule has 3 nitrogen and oxygen atoms in total. The monoisotopic (exact) mass is 221 g/mol. The SMILES string of the molecule is COc1cc(SC)c(N)cc1O.Cl. The van der Waals surface area contributed by atoms with Gasteiger partial charge in [-0.2, -0.15) is 0 Å². The van der Waals surface area contributed by atoms with E-state index in [0.29, 0.717) is 11.4 Å². The van der Waals surface area contributed by atoms with Crippen LogP contribution in [0.25, 0.3) is 0 Å². The minimum atomic E-state index is 0. The second-order valence-corrected chi connectivity index (χ2v) is 3.11. The number of halogens is 1. The van der Waals surface area contributed by atoms with E-state index in [0.717, 1.165) is 4.90 Å². The van der Waals surface area contributed by atoms with Gasteiger partial charge in [0.2, 0.25) is 0 Å². The summed E-state index contributed by atoms with van der Waals surface area (Å²) in [4.78, 5) is 0.907. The lowest BCUT2D eigenvalue weighted by Gasteiger charge is -2.07. The molecule has 0 spiro atoms. The van der Waals surface area contributed by atoms with Crippen molar-refractivity contribution in [2.24, 2.45) is 0 Å². The first kappa shape index (κ1) is 12.3. The number of phenolic OH excluding ortho intramolecular Hbond substituents is 1. The number of hydrogen-bond donors (Lipinski definition) is 2. The van der Waals surface area contributed by atoms with E-state index in [1.54, 1.807) is 6.07 Å². The molecule has 0 bridgehead atoms. The normalized spacial score (nSPS) is 9.08. The molecule has 0 atom stereocenters.